The van der Waals surface area contributed by atoms with Crippen molar-refractivity contribution < 1.29 is 8.42 Å². The molecule has 3 aromatic rings. The number of hydrogen-bond donors (Lipinski definition) is 3. The highest BCUT2D eigenvalue weighted by atomic mass is 32.2. The van der Waals surface area contributed by atoms with E-state index in [1.807, 2.05) is 6.07 Å². The first-order valence-electron chi connectivity index (χ1n) is 7.22. The molecule has 0 fully saturated rings. The van der Waals surface area contributed by atoms with Gasteiger partial charge >= 0.3 is 0 Å². The Kier molecular flexibility index (Phi) is 4.70. The van der Waals surface area contributed by atoms with Gasteiger partial charge in [-0.3, -0.25) is 0 Å². The second-order valence-corrected chi connectivity index (χ2v) is 7.56. The molecule has 0 saturated carbocycles. The number of benzene rings is 1. The molecular formula is C14H13N9O2S2. The number of nitrogens with two attached hydrogens (primary N) is 3. The first kappa shape index (κ1) is 18.6. The summed E-state index contributed by atoms with van der Waals surface area (Å²) in [6, 6.07) is 7.48. The smallest absolute Gasteiger partial charge is 0.238 e. The van der Waals surface area contributed by atoms with E-state index >= 15 is 0 Å². The lowest BCUT2D eigenvalue weighted by Gasteiger charge is -2.05. The van der Waals surface area contributed by atoms with Gasteiger partial charge in [-0.2, -0.15) is 10.4 Å². The summed E-state index contributed by atoms with van der Waals surface area (Å²) in [7, 11) is -3.79. The third-order valence-electron chi connectivity index (χ3n) is 3.49. The first-order chi connectivity index (χ1) is 12.8. The highest BCUT2D eigenvalue weighted by molar-refractivity contribution is 7.98. The van der Waals surface area contributed by atoms with Gasteiger partial charge in [0.1, 0.15) is 22.5 Å². The molecule has 0 aliphatic rings. The minimum absolute atomic E-state index is 0.0307. The number of thioether (sulfide) groups is 1. The number of azo groups is 1. The van der Waals surface area contributed by atoms with Crippen LogP contribution in [0.5, 0.6) is 0 Å². The van der Waals surface area contributed by atoms with Crippen molar-refractivity contribution in [2.45, 2.75) is 9.92 Å². The van der Waals surface area contributed by atoms with Crippen LogP contribution in [0.15, 0.2) is 44.4 Å². The zero-order chi connectivity index (χ0) is 19.8. The molecule has 0 atom stereocenters. The summed E-state index contributed by atoms with van der Waals surface area (Å²) >= 11 is 1.27. The summed E-state index contributed by atoms with van der Waals surface area (Å²) in [6.07, 6.45) is 1.77. The van der Waals surface area contributed by atoms with Crippen molar-refractivity contribution in [1.29, 1.82) is 5.26 Å². The number of anilines is 2. The normalized spacial score (nSPS) is 11.9. The second-order valence-electron chi connectivity index (χ2n) is 5.20. The third-order valence-corrected chi connectivity index (χ3v) is 5.18. The van der Waals surface area contributed by atoms with Crippen molar-refractivity contribution >= 4 is 50.4 Å². The maximum Gasteiger partial charge on any atom is 0.238 e. The fourth-order valence-electron chi connectivity index (χ4n) is 2.24. The van der Waals surface area contributed by atoms with E-state index in [1.165, 1.54) is 40.5 Å². The fraction of sp³-hybridized carbons (Fsp3) is 0.0714. The fourth-order valence-corrected chi connectivity index (χ4v) is 3.41. The standard InChI is InChI=1S/C14H13N9O2S2/c1-26-14-9(6-15)11(16)19-13-10(12(17)22-23(13)14)21-20-7-2-4-8(5-3-7)27(18,24)25/h2-5H,1H3,(H2,16,19)(H2,17,22)(H2,18,24,25). The number of rotatable bonds is 4. The van der Waals surface area contributed by atoms with Gasteiger partial charge in [-0.25, -0.2) is 23.1 Å². The highest BCUT2D eigenvalue weighted by Gasteiger charge is 2.19. The molecule has 11 nitrogen and oxygen atoms in total. The lowest BCUT2D eigenvalue weighted by molar-refractivity contribution is 0.598. The Morgan fingerprint density at radius 2 is 1.85 bits per heavy atom. The van der Waals surface area contributed by atoms with E-state index < -0.39 is 10.0 Å². The summed E-state index contributed by atoms with van der Waals surface area (Å²) in [5.41, 5.74) is 12.7. The molecule has 0 aliphatic heterocycles. The number of nitrogens with zero attached hydrogens (tertiary/aromatic N) is 6. The van der Waals surface area contributed by atoms with Crippen LogP contribution in [0.1, 0.15) is 5.56 Å². The predicted octanol–water partition coefficient (Wildman–Crippen LogP) is 1.55. The van der Waals surface area contributed by atoms with E-state index in [9.17, 15) is 13.7 Å². The summed E-state index contributed by atoms with van der Waals surface area (Å²) in [6.45, 7) is 0. The summed E-state index contributed by atoms with van der Waals surface area (Å²) in [5.74, 6) is 0.0837. The van der Waals surface area contributed by atoms with Crippen LogP contribution in [0.2, 0.25) is 0 Å². The molecule has 6 N–H and O–H groups in total. The molecule has 0 unspecified atom stereocenters. The van der Waals surface area contributed by atoms with Crippen molar-refractivity contribution in [3.8, 4) is 6.07 Å². The Labute approximate surface area is 157 Å². The summed E-state index contributed by atoms with van der Waals surface area (Å²) in [4.78, 5) is 4.11. The minimum Gasteiger partial charge on any atom is -0.382 e. The number of fused-ring (bicyclic) bond motifs is 1. The maximum absolute atomic E-state index is 11.3. The van der Waals surface area contributed by atoms with Gasteiger partial charge in [0.25, 0.3) is 0 Å². The monoisotopic (exact) mass is 403 g/mol. The van der Waals surface area contributed by atoms with Gasteiger partial charge in [-0.05, 0) is 30.5 Å². The number of aromatic nitrogens is 3. The van der Waals surface area contributed by atoms with Crippen molar-refractivity contribution in [2.75, 3.05) is 17.7 Å². The summed E-state index contributed by atoms with van der Waals surface area (Å²) < 4.78 is 23.9. The zero-order valence-electron chi connectivity index (χ0n) is 13.9. The van der Waals surface area contributed by atoms with Gasteiger partial charge in [0.2, 0.25) is 10.0 Å². The Morgan fingerprint density at radius 3 is 2.41 bits per heavy atom. The van der Waals surface area contributed by atoms with Gasteiger partial charge in [-0.15, -0.1) is 22.0 Å². The molecule has 138 valence electrons. The van der Waals surface area contributed by atoms with Crippen molar-refractivity contribution in [1.82, 2.24) is 14.6 Å². The van der Waals surface area contributed by atoms with Gasteiger partial charge < -0.3 is 11.5 Å². The number of hydrogen-bond acceptors (Lipinski definition) is 10. The molecule has 2 heterocycles. The van der Waals surface area contributed by atoms with Crippen molar-refractivity contribution in [3.63, 3.8) is 0 Å². The molecular weight excluding hydrogens is 390 g/mol. The average Bonchev–Trinajstić information content (AvgIpc) is 2.93. The van der Waals surface area contributed by atoms with Crippen LogP contribution in [-0.4, -0.2) is 29.3 Å². The average molecular weight is 403 g/mol. The molecule has 27 heavy (non-hydrogen) atoms. The number of primary sulfonamides is 1. The highest BCUT2D eigenvalue weighted by Crippen LogP contribution is 2.33. The Hall–Kier alpha value is -3.21. The predicted molar refractivity (Wildman–Crippen MR) is 100 cm³/mol. The van der Waals surface area contributed by atoms with E-state index in [-0.39, 0.29) is 33.4 Å². The minimum atomic E-state index is -3.79. The maximum atomic E-state index is 11.3. The molecule has 2 aromatic heterocycles. The number of sulfonamides is 1. The summed E-state index contributed by atoms with van der Waals surface area (Å²) in [5, 5.41) is 27.0. The van der Waals surface area contributed by atoms with E-state index in [4.69, 9.17) is 16.6 Å². The van der Waals surface area contributed by atoms with Gasteiger partial charge in [0.15, 0.2) is 17.2 Å². The molecule has 0 radical (unpaired) electrons. The third kappa shape index (κ3) is 3.40. The lowest BCUT2D eigenvalue weighted by atomic mass is 10.3. The Morgan fingerprint density at radius 1 is 1.19 bits per heavy atom. The van der Waals surface area contributed by atoms with Crippen LogP contribution in [0.25, 0.3) is 5.65 Å². The SMILES string of the molecule is CSc1c(C#N)c(N)nc2c(N=Nc3ccc(S(N)(=O)=O)cc3)c(N)nn12. The molecule has 0 bridgehead atoms. The topological polar surface area (TPSA) is 191 Å². The quantitative estimate of drug-likeness (QED) is 0.332. The van der Waals surface area contributed by atoms with Crippen LogP contribution in [0, 0.1) is 11.3 Å². The molecule has 13 heteroatoms. The van der Waals surface area contributed by atoms with E-state index in [1.54, 1.807) is 6.26 Å². The number of nitriles is 1. The van der Waals surface area contributed by atoms with Crippen LogP contribution < -0.4 is 16.6 Å². The van der Waals surface area contributed by atoms with E-state index in [2.05, 4.69) is 20.3 Å². The zero-order valence-corrected chi connectivity index (χ0v) is 15.5. The van der Waals surface area contributed by atoms with Crippen LogP contribution in [-0.2, 0) is 10.0 Å². The van der Waals surface area contributed by atoms with Crippen LogP contribution in [0.3, 0.4) is 0 Å². The largest absolute Gasteiger partial charge is 0.382 e. The molecule has 3 rings (SSSR count). The number of nitrogen functional groups attached to an aromatic ring is 2. The van der Waals surface area contributed by atoms with Crippen LogP contribution in [0.4, 0.5) is 23.0 Å². The van der Waals surface area contributed by atoms with Gasteiger partial charge in [-0.1, -0.05) is 0 Å². The van der Waals surface area contributed by atoms with Gasteiger partial charge in [0.05, 0.1) is 10.6 Å². The molecule has 0 amide bonds. The molecule has 0 aliphatic carbocycles. The van der Waals surface area contributed by atoms with E-state index in [0.29, 0.717) is 10.7 Å². The van der Waals surface area contributed by atoms with E-state index in [0.717, 1.165) is 0 Å². The van der Waals surface area contributed by atoms with Crippen molar-refractivity contribution in [3.05, 3.63) is 29.8 Å². The second kappa shape index (κ2) is 6.83. The lowest BCUT2D eigenvalue weighted by Crippen LogP contribution is -2.11. The Bertz CT molecular complexity index is 1210. The van der Waals surface area contributed by atoms with Gasteiger partial charge in [0, 0.05) is 0 Å². The Balaban J connectivity index is 2.08. The molecule has 0 saturated heterocycles. The van der Waals surface area contributed by atoms with Crippen LogP contribution >= 0.6 is 11.8 Å². The molecule has 0 spiro atoms. The first-order valence-corrected chi connectivity index (χ1v) is 9.99. The van der Waals surface area contributed by atoms with Crippen molar-refractivity contribution in [2.24, 2.45) is 15.4 Å². The molecule has 1 aromatic carbocycles.